The van der Waals surface area contributed by atoms with E-state index >= 15 is 0 Å². The van der Waals surface area contributed by atoms with Crippen LogP contribution in [0.1, 0.15) is 20.3 Å². The maximum Gasteiger partial charge on any atom is 0.224 e. The largest absolute Gasteiger partial charge is 0.377 e. The molecule has 1 rings (SSSR count). The number of amides is 1. The van der Waals surface area contributed by atoms with Gasteiger partial charge in [0.25, 0.3) is 0 Å². The Balaban J connectivity index is 2.44. The Bertz CT molecular complexity index is 182. The molecule has 1 heterocycles. The standard InChI is InChI=1S/C9H18N2O2/c1-7(10)5-9(12)11-3-4-13-6-8(11)2/h7-8H,3-6,10H2,1-2H3/t7?,8-/m1/s1. The molecule has 1 aliphatic rings. The molecular formula is C9H18N2O2. The lowest BCUT2D eigenvalue weighted by atomic mass is 10.2. The van der Waals surface area contributed by atoms with E-state index in [0.717, 1.165) is 0 Å². The van der Waals surface area contributed by atoms with Gasteiger partial charge in [-0.25, -0.2) is 0 Å². The molecule has 0 aromatic heterocycles. The van der Waals surface area contributed by atoms with Crippen molar-refractivity contribution in [3.63, 3.8) is 0 Å². The molecule has 1 saturated heterocycles. The van der Waals surface area contributed by atoms with Gasteiger partial charge in [0.1, 0.15) is 0 Å². The van der Waals surface area contributed by atoms with E-state index < -0.39 is 0 Å². The van der Waals surface area contributed by atoms with Crippen LogP contribution in [0, 0.1) is 0 Å². The van der Waals surface area contributed by atoms with Gasteiger partial charge in [0.15, 0.2) is 0 Å². The number of carbonyl (C=O) groups is 1. The molecule has 1 amide bonds. The zero-order valence-corrected chi connectivity index (χ0v) is 8.32. The van der Waals surface area contributed by atoms with Crippen LogP contribution in [0.2, 0.25) is 0 Å². The Labute approximate surface area is 79.0 Å². The Kier molecular flexibility index (Phi) is 3.69. The topological polar surface area (TPSA) is 55.6 Å². The van der Waals surface area contributed by atoms with Crippen molar-refractivity contribution in [2.24, 2.45) is 5.73 Å². The van der Waals surface area contributed by atoms with Crippen molar-refractivity contribution >= 4 is 5.91 Å². The third kappa shape index (κ3) is 2.97. The molecule has 1 aliphatic heterocycles. The fraction of sp³-hybridized carbons (Fsp3) is 0.889. The average Bonchev–Trinajstić information content (AvgIpc) is 2.03. The summed E-state index contributed by atoms with van der Waals surface area (Å²) in [5, 5.41) is 0. The molecule has 0 aromatic rings. The van der Waals surface area contributed by atoms with Gasteiger partial charge in [-0.1, -0.05) is 0 Å². The quantitative estimate of drug-likeness (QED) is 0.659. The summed E-state index contributed by atoms with van der Waals surface area (Å²) in [4.78, 5) is 13.5. The van der Waals surface area contributed by atoms with E-state index in [1.54, 1.807) is 0 Å². The van der Waals surface area contributed by atoms with Gasteiger partial charge in [-0.15, -0.1) is 0 Å². The molecule has 0 aromatic carbocycles. The maximum atomic E-state index is 11.6. The minimum absolute atomic E-state index is 0.0532. The minimum Gasteiger partial charge on any atom is -0.377 e. The lowest BCUT2D eigenvalue weighted by Gasteiger charge is -2.33. The summed E-state index contributed by atoms with van der Waals surface area (Å²) in [5.41, 5.74) is 5.57. The first-order valence-corrected chi connectivity index (χ1v) is 4.74. The van der Waals surface area contributed by atoms with Gasteiger partial charge in [-0.05, 0) is 13.8 Å². The molecule has 2 N–H and O–H groups in total. The fourth-order valence-electron chi connectivity index (χ4n) is 1.49. The van der Waals surface area contributed by atoms with Gasteiger partial charge in [-0.3, -0.25) is 4.79 Å². The van der Waals surface area contributed by atoms with E-state index in [9.17, 15) is 4.79 Å². The summed E-state index contributed by atoms with van der Waals surface area (Å²) in [5.74, 6) is 0.144. The van der Waals surface area contributed by atoms with Gasteiger partial charge in [-0.2, -0.15) is 0 Å². The molecule has 2 atom stereocenters. The molecule has 0 spiro atoms. The van der Waals surface area contributed by atoms with Crippen LogP contribution >= 0.6 is 0 Å². The van der Waals surface area contributed by atoms with Crippen molar-refractivity contribution in [2.45, 2.75) is 32.4 Å². The molecule has 1 fully saturated rings. The van der Waals surface area contributed by atoms with Gasteiger partial charge in [0, 0.05) is 19.0 Å². The highest BCUT2D eigenvalue weighted by Crippen LogP contribution is 2.08. The van der Waals surface area contributed by atoms with Crippen LogP contribution < -0.4 is 5.73 Å². The zero-order chi connectivity index (χ0) is 9.84. The summed E-state index contributed by atoms with van der Waals surface area (Å²) in [6.07, 6.45) is 0.435. The van der Waals surface area contributed by atoms with Crippen molar-refractivity contribution < 1.29 is 9.53 Å². The van der Waals surface area contributed by atoms with E-state index in [-0.39, 0.29) is 18.0 Å². The Morgan fingerprint density at radius 2 is 2.46 bits per heavy atom. The highest BCUT2D eigenvalue weighted by atomic mass is 16.5. The SMILES string of the molecule is CC(N)CC(=O)N1CCOC[C@H]1C. The molecule has 0 radical (unpaired) electrons. The number of hydrogen-bond donors (Lipinski definition) is 1. The summed E-state index contributed by atoms with van der Waals surface area (Å²) in [7, 11) is 0. The normalized spacial score (nSPS) is 25.8. The number of nitrogens with zero attached hydrogens (tertiary/aromatic N) is 1. The first-order chi connectivity index (χ1) is 6.11. The van der Waals surface area contributed by atoms with Crippen molar-refractivity contribution in [3.05, 3.63) is 0 Å². The molecule has 4 nitrogen and oxygen atoms in total. The van der Waals surface area contributed by atoms with Crippen molar-refractivity contribution in [2.75, 3.05) is 19.8 Å². The first kappa shape index (κ1) is 10.5. The van der Waals surface area contributed by atoms with Crippen LogP contribution in [0.25, 0.3) is 0 Å². The summed E-state index contributed by atoms with van der Waals surface area (Å²) in [6.45, 7) is 5.84. The number of nitrogens with two attached hydrogens (primary N) is 1. The number of morpholine rings is 1. The van der Waals surface area contributed by atoms with E-state index in [4.69, 9.17) is 10.5 Å². The lowest BCUT2D eigenvalue weighted by molar-refractivity contribution is -0.139. The van der Waals surface area contributed by atoms with Crippen LogP contribution in [-0.2, 0) is 9.53 Å². The maximum absolute atomic E-state index is 11.6. The molecule has 0 aliphatic carbocycles. The Morgan fingerprint density at radius 3 is 3.00 bits per heavy atom. The molecule has 76 valence electrons. The fourth-order valence-corrected chi connectivity index (χ4v) is 1.49. The highest BCUT2D eigenvalue weighted by molar-refractivity contribution is 5.77. The third-order valence-corrected chi connectivity index (χ3v) is 2.18. The third-order valence-electron chi connectivity index (χ3n) is 2.18. The molecule has 0 bridgehead atoms. The van der Waals surface area contributed by atoms with Crippen LogP contribution in [-0.4, -0.2) is 42.6 Å². The van der Waals surface area contributed by atoms with Gasteiger partial charge < -0.3 is 15.4 Å². The number of carbonyl (C=O) groups excluding carboxylic acids is 1. The predicted octanol–water partition coefficient (Wildman–Crippen LogP) is -0.0290. The van der Waals surface area contributed by atoms with Crippen LogP contribution in [0.3, 0.4) is 0 Å². The highest BCUT2D eigenvalue weighted by Gasteiger charge is 2.23. The van der Waals surface area contributed by atoms with Gasteiger partial charge in [0.2, 0.25) is 5.91 Å². The number of ether oxygens (including phenoxy) is 1. The first-order valence-electron chi connectivity index (χ1n) is 4.74. The minimum atomic E-state index is -0.0532. The lowest BCUT2D eigenvalue weighted by Crippen LogP contribution is -2.48. The summed E-state index contributed by atoms with van der Waals surface area (Å²) >= 11 is 0. The van der Waals surface area contributed by atoms with Crippen molar-refractivity contribution in [1.29, 1.82) is 0 Å². The summed E-state index contributed by atoms with van der Waals surface area (Å²) < 4.78 is 5.24. The molecule has 4 heteroatoms. The van der Waals surface area contributed by atoms with E-state index in [1.807, 2.05) is 18.7 Å². The smallest absolute Gasteiger partial charge is 0.224 e. The van der Waals surface area contributed by atoms with Crippen LogP contribution in [0.5, 0.6) is 0 Å². The molecule has 0 saturated carbocycles. The van der Waals surface area contributed by atoms with Gasteiger partial charge >= 0.3 is 0 Å². The van der Waals surface area contributed by atoms with E-state index in [2.05, 4.69) is 0 Å². The Hall–Kier alpha value is -0.610. The molecular weight excluding hydrogens is 168 g/mol. The number of rotatable bonds is 2. The van der Waals surface area contributed by atoms with Crippen molar-refractivity contribution in [1.82, 2.24) is 4.90 Å². The second kappa shape index (κ2) is 4.58. The van der Waals surface area contributed by atoms with Crippen LogP contribution in [0.4, 0.5) is 0 Å². The number of hydrogen-bond acceptors (Lipinski definition) is 3. The second-order valence-corrected chi connectivity index (χ2v) is 3.69. The summed E-state index contributed by atoms with van der Waals surface area (Å²) in [6, 6.07) is 0.141. The van der Waals surface area contributed by atoms with Crippen LogP contribution in [0.15, 0.2) is 0 Å². The van der Waals surface area contributed by atoms with E-state index in [1.165, 1.54) is 0 Å². The zero-order valence-electron chi connectivity index (χ0n) is 8.32. The van der Waals surface area contributed by atoms with E-state index in [0.29, 0.717) is 26.2 Å². The van der Waals surface area contributed by atoms with Gasteiger partial charge in [0.05, 0.1) is 19.3 Å². The predicted molar refractivity (Wildman–Crippen MR) is 50.3 cm³/mol. The molecule has 13 heavy (non-hydrogen) atoms. The van der Waals surface area contributed by atoms with Crippen molar-refractivity contribution in [3.8, 4) is 0 Å². The average molecular weight is 186 g/mol. The second-order valence-electron chi connectivity index (χ2n) is 3.69. The Morgan fingerprint density at radius 1 is 1.77 bits per heavy atom. The monoisotopic (exact) mass is 186 g/mol. The molecule has 1 unspecified atom stereocenters.